The normalized spacial score (nSPS) is 14.6. The van der Waals surface area contributed by atoms with Crippen LogP contribution in [0.15, 0.2) is 47.6 Å². The van der Waals surface area contributed by atoms with Crippen molar-refractivity contribution in [3.63, 3.8) is 0 Å². The summed E-state index contributed by atoms with van der Waals surface area (Å²) < 4.78 is 27.1. The van der Waals surface area contributed by atoms with Crippen molar-refractivity contribution in [2.45, 2.75) is 13.3 Å². The molecule has 1 saturated heterocycles. The highest BCUT2D eigenvalue weighted by Crippen LogP contribution is 2.14. The summed E-state index contributed by atoms with van der Waals surface area (Å²) in [5.41, 5.74) is 0.356. The number of aromatic nitrogens is 1. The molecule has 0 radical (unpaired) electrons. The number of halogens is 3. The van der Waals surface area contributed by atoms with E-state index in [9.17, 15) is 8.78 Å². The van der Waals surface area contributed by atoms with E-state index in [4.69, 9.17) is 0 Å². The van der Waals surface area contributed by atoms with Gasteiger partial charge in [-0.3, -0.25) is 4.99 Å². The molecule has 0 saturated carbocycles. The number of hydrogen-bond acceptors (Lipinski definition) is 3. The van der Waals surface area contributed by atoms with Gasteiger partial charge in [0.15, 0.2) is 17.6 Å². The maximum absolute atomic E-state index is 13.8. The SMILES string of the molecule is CCNC(=NCCc1cccc(F)c1F)N1CCN(c2ccccn2)CC1.I. The Labute approximate surface area is 181 Å². The van der Waals surface area contributed by atoms with E-state index in [1.807, 2.05) is 25.1 Å². The second-order valence-electron chi connectivity index (χ2n) is 6.36. The second-order valence-corrected chi connectivity index (χ2v) is 6.36. The van der Waals surface area contributed by atoms with E-state index >= 15 is 0 Å². The molecule has 0 bridgehead atoms. The van der Waals surface area contributed by atoms with Crippen LogP contribution in [0.1, 0.15) is 12.5 Å². The molecule has 28 heavy (non-hydrogen) atoms. The van der Waals surface area contributed by atoms with Gasteiger partial charge in [-0.2, -0.15) is 0 Å². The van der Waals surface area contributed by atoms with Crippen LogP contribution in [0.5, 0.6) is 0 Å². The van der Waals surface area contributed by atoms with Gasteiger partial charge in [-0.1, -0.05) is 18.2 Å². The summed E-state index contributed by atoms with van der Waals surface area (Å²) in [5.74, 6) is 0.214. The van der Waals surface area contributed by atoms with E-state index in [-0.39, 0.29) is 24.0 Å². The Morgan fingerprint density at radius 2 is 1.89 bits per heavy atom. The van der Waals surface area contributed by atoms with Gasteiger partial charge in [-0.05, 0) is 37.1 Å². The molecule has 2 aromatic rings. The smallest absolute Gasteiger partial charge is 0.194 e. The van der Waals surface area contributed by atoms with Crippen molar-refractivity contribution in [1.29, 1.82) is 0 Å². The number of guanidine groups is 1. The predicted molar refractivity (Wildman–Crippen MR) is 119 cm³/mol. The molecule has 0 spiro atoms. The minimum Gasteiger partial charge on any atom is -0.357 e. The number of hydrogen-bond donors (Lipinski definition) is 1. The molecular weight excluding hydrogens is 475 g/mol. The lowest BCUT2D eigenvalue weighted by molar-refractivity contribution is 0.371. The highest BCUT2D eigenvalue weighted by atomic mass is 127. The number of nitrogens with one attached hydrogen (secondary N) is 1. The summed E-state index contributed by atoms with van der Waals surface area (Å²) in [5, 5.41) is 3.29. The average Bonchev–Trinajstić information content (AvgIpc) is 2.71. The van der Waals surface area contributed by atoms with Gasteiger partial charge in [0.2, 0.25) is 0 Å². The maximum atomic E-state index is 13.8. The quantitative estimate of drug-likeness (QED) is 0.388. The van der Waals surface area contributed by atoms with E-state index < -0.39 is 11.6 Å². The van der Waals surface area contributed by atoms with Gasteiger partial charge in [0.25, 0.3) is 0 Å². The molecule has 152 valence electrons. The topological polar surface area (TPSA) is 43.8 Å². The number of benzene rings is 1. The third-order valence-electron chi connectivity index (χ3n) is 4.56. The number of aliphatic imine (C=N–C) groups is 1. The van der Waals surface area contributed by atoms with Crippen LogP contribution in [0.25, 0.3) is 0 Å². The number of piperazine rings is 1. The van der Waals surface area contributed by atoms with Crippen LogP contribution in [0.2, 0.25) is 0 Å². The van der Waals surface area contributed by atoms with Gasteiger partial charge in [-0.15, -0.1) is 24.0 Å². The third kappa shape index (κ3) is 5.76. The molecule has 1 aliphatic heterocycles. The molecule has 1 N–H and O–H groups in total. The van der Waals surface area contributed by atoms with Crippen LogP contribution in [0, 0.1) is 11.6 Å². The first-order chi connectivity index (χ1) is 13.2. The van der Waals surface area contributed by atoms with Crippen molar-refractivity contribution < 1.29 is 8.78 Å². The molecule has 0 atom stereocenters. The standard InChI is InChI=1S/C20H25F2N5.HI/c1-2-23-20(25-11-9-16-6-5-7-17(21)19(16)22)27-14-12-26(13-15-27)18-8-3-4-10-24-18;/h3-8,10H,2,9,11-15H2,1H3,(H,23,25);1H. The Hall–Kier alpha value is -1.97. The zero-order valence-corrected chi connectivity index (χ0v) is 18.3. The minimum absolute atomic E-state index is 0. The molecule has 0 aliphatic carbocycles. The number of rotatable bonds is 5. The monoisotopic (exact) mass is 501 g/mol. The lowest BCUT2D eigenvalue weighted by Gasteiger charge is -2.37. The largest absolute Gasteiger partial charge is 0.357 e. The summed E-state index contributed by atoms with van der Waals surface area (Å²) >= 11 is 0. The van der Waals surface area contributed by atoms with Crippen LogP contribution >= 0.6 is 24.0 Å². The molecule has 0 unspecified atom stereocenters. The van der Waals surface area contributed by atoms with E-state index in [2.05, 4.69) is 25.1 Å². The maximum Gasteiger partial charge on any atom is 0.194 e. The van der Waals surface area contributed by atoms with Gasteiger partial charge in [-0.25, -0.2) is 13.8 Å². The zero-order valence-electron chi connectivity index (χ0n) is 15.9. The molecule has 5 nitrogen and oxygen atoms in total. The van der Waals surface area contributed by atoms with Gasteiger partial charge >= 0.3 is 0 Å². The average molecular weight is 501 g/mol. The Balaban J connectivity index is 0.00000280. The van der Waals surface area contributed by atoms with Crippen molar-refractivity contribution in [2.24, 2.45) is 4.99 Å². The first-order valence-electron chi connectivity index (χ1n) is 9.31. The van der Waals surface area contributed by atoms with Crippen LogP contribution in [0.4, 0.5) is 14.6 Å². The van der Waals surface area contributed by atoms with Crippen LogP contribution in [-0.2, 0) is 6.42 Å². The highest BCUT2D eigenvalue weighted by Gasteiger charge is 2.20. The first kappa shape index (κ1) is 22.3. The summed E-state index contributed by atoms with van der Waals surface area (Å²) in [4.78, 5) is 13.5. The molecule has 2 heterocycles. The Kier molecular flexibility index (Phi) is 8.88. The molecule has 8 heteroatoms. The Morgan fingerprint density at radius 1 is 1.11 bits per heavy atom. The molecule has 1 fully saturated rings. The Morgan fingerprint density at radius 3 is 2.57 bits per heavy atom. The first-order valence-corrected chi connectivity index (χ1v) is 9.31. The number of pyridine rings is 1. The van der Waals surface area contributed by atoms with Gasteiger partial charge in [0.1, 0.15) is 5.82 Å². The van der Waals surface area contributed by atoms with Crippen LogP contribution in [0.3, 0.4) is 0 Å². The van der Waals surface area contributed by atoms with E-state index in [1.165, 1.54) is 6.07 Å². The van der Waals surface area contributed by atoms with Crippen molar-refractivity contribution >= 4 is 35.8 Å². The van der Waals surface area contributed by atoms with Gasteiger partial charge in [0.05, 0.1) is 0 Å². The lowest BCUT2D eigenvalue weighted by Crippen LogP contribution is -2.52. The minimum atomic E-state index is -0.811. The van der Waals surface area contributed by atoms with Crippen LogP contribution < -0.4 is 10.2 Å². The molecule has 1 aromatic carbocycles. The van der Waals surface area contributed by atoms with Crippen molar-refractivity contribution in [3.8, 4) is 0 Å². The number of anilines is 1. The van der Waals surface area contributed by atoms with Crippen molar-refractivity contribution in [2.75, 3.05) is 44.2 Å². The van der Waals surface area contributed by atoms with E-state index in [1.54, 1.807) is 12.3 Å². The van der Waals surface area contributed by atoms with Crippen molar-refractivity contribution in [3.05, 3.63) is 59.8 Å². The summed E-state index contributed by atoms with van der Waals surface area (Å²) in [6.07, 6.45) is 2.17. The zero-order chi connectivity index (χ0) is 19.1. The highest BCUT2D eigenvalue weighted by molar-refractivity contribution is 14.0. The molecule has 1 aromatic heterocycles. The number of nitrogens with zero attached hydrogens (tertiary/aromatic N) is 4. The lowest BCUT2D eigenvalue weighted by atomic mass is 10.1. The fraction of sp³-hybridized carbons (Fsp3) is 0.400. The summed E-state index contributed by atoms with van der Waals surface area (Å²) in [6.45, 7) is 6.57. The fourth-order valence-corrected chi connectivity index (χ4v) is 3.14. The van der Waals surface area contributed by atoms with Gasteiger partial charge < -0.3 is 15.1 Å². The van der Waals surface area contributed by atoms with Crippen LogP contribution in [-0.4, -0.2) is 55.1 Å². The fourth-order valence-electron chi connectivity index (χ4n) is 3.14. The van der Waals surface area contributed by atoms with Crippen molar-refractivity contribution in [1.82, 2.24) is 15.2 Å². The Bertz CT molecular complexity index is 764. The summed E-state index contributed by atoms with van der Waals surface area (Å²) in [7, 11) is 0. The molecule has 3 rings (SSSR count). The van der Waals surface area contributed by atoms with Gasteiger partial charge in [0, 0.05) is 45.5 Å². The summed E-state index contributed by atoms with van der Waals surface area (Å²) in [6, 6.07) is 10.2. The molecule has 1 aliphatic rings. The molecule has 0 amide bonds. The molecular formula is C20H26F2IN5. The van der Waals surface area contributed by atoms with E-state index in [0.717, 1.165) is 50.6 Å². The third-order valence-corrected chi connectivity index (χ3v) is 4.56. The predicted octanol–water partition coefficient (Wildman–Crippen LogP) is 3.31. The second kappa shape index (κ2) is 11.1. The van der Waals surface area contributed by atoms with E-state index in [0.29, 0.717) is 18.5 Å².